The number of pyridine rings is 1. The summed E-state index contributed by atoms with van der Waals surface area (Å²) in [6.45, 7) is 0. The number of ether oxygens (including phenoxy) is 1. The molecule has 0 saturated heterocycles. The Kier molecular flexibility index (Phi) is 3.18. The van der Waals surface area contributed by atoms with Crippen LogP contribution in [0.15, 0.2) is 53.7 Å². The van der Waals surface area contributed by atoms with Crippen LogP contribution in [0.1, 0.15) is 18.9 Å². The third kappa shape index (κ3) is 2.22. The van der Waals surface area contributed by atoms with Gasteiger partial charge in [-0.2, -0.15) is 9.78 Å². The van der Waals surface area contributed by atoms with Crippen LogP contribution in [0.5, 0.6) is 6.01 Å². The minimum absolute atomic E-state index is 0.184. The summed E-state index contributed by atoms with van der Waals surface area (Å²) in [6.07, 6.45) is 7.30. The Balaban J connectivity index is 1.71. The minimum Gasteiger partial charge on any atom is -0.467 e. The molecule has 1 saturated carbocycles. The molecule has 26 heavy (non-hydrogen) atoms. The average Bonchev–Trinajstić information content (AvgIpc) is 3.32. The Labute approximate surface area is 148 Å². The van der Waals surface area contributed by atoms with E-state index in [2.05, 4.69) is 15.2 Å². The molecule has 1 aromatic carbocycles. The molecule has 3 heterocycles. The standard InChI is InChI=1S/C18H16N6O2/c1-26-17-21-24(18(25)23(17)12-7-8-12)16-6-2-5-15-14(16)11-22(20-15)13-4-3-9-19-10-13/h2-6,9-12H,7-8H2,1H3. The summed E-state index contributed by atoms with van der Waals surface area (Å²) in [7, 11) is 1.53. The first-order valence-electron chi connectivity index (χ1n) is 8.41. The lowest BCUT2D eigenvalue weighted by Crippen LogP contribution is -2.23. The topological polar surface area (TPSA) is 79.8 Å². The highest BCUT2D eigenvalue weighted by molar-refractivity contribution is 5.87. The Morgan fingerprint density at radius 1 is 1.15 bits per heavy atom. The molecule has 0 aliphatic heterocycles. The number of methoxy groups -OCH3 is 1. The van der Waals surface area contributed by atoms with Crippen molar-refractivity contribution in [2.75, 3.05) is 7.11 Å². The van der Waals surface area contributed by atoms with Gasteiger partial charge in [0.2, 0.25) is 0 Å². The van der Waals surface area contributed by atoms with Crippen LogP contribution in [-0.2, 0) is 0 Å². The third-order valence-electron chi connectivity index (χ3n) is 4.54. The Hall–Kier alpha value is -3.42. The highest BCUT2D eigenvalue weighted by atomic mass is 16.5. The van der Waals surface area contributed by atoms with Gasteiger partial charge in [-0.15, -0.1) is 5.10 Å². The van der Waals surface area contributed by atoms with Crippen LogP contribution in [0.4, 0.5) is 0 Å². The number of hydrogen-bond acceptors (Lipinski definition) is 5. The molecule has 1 aliphatic rings. The van der Waals surface area contributed by atoms with Crippen molar-refractivity contribution in [3.63, 3.8) is 0 Å². The van der Waals surface area contributed by atoms with Gasteiger partial charge in [0, 0.05) is 23.8 Å². The fraction of sp³-hybridized carbons (Fsp3) is 0.222. The fourth-order valence-corrected chi connectivity index (χ4v) is 3.14. The van der Waals surface area contributed by atoms with Gasteiger partial charge in [-0.1, -0.05) is 6.07 Å². The summed E-state index contributed by atoms with van der Waals surface area (Å²) in [5.74, 6) is 0. The van der Waals surface area contributed by atoms with Crippen LogP contribution < -0.4 is 10.4 Å². The second-order valence-corrected chi connectivity index (χ2v) is 6.28. The zero-order valence-corrected chi connectivity index (χ0v) is 14.1. The van der Waals surface area contributed by atoms with Gasteiger partial charge in [-0.3, -0.25) is 4.98 Å². The van der Waals surface area contributed by atoms with Crippen molar-refractivity contribution in [1.82, 2.24) is 29.1 Å². The van der Waals surface area contributed by atoms with Gasteiger partial charge in [0.25, 0.3) is 0 Å². The fourth-order valence-electron chi connectivity index (χ4n) is 3.14. The summed E-state index contributed by atoms with van der Waals surface area (Å²) in [5.41, 5.74) is 2.12. The van der Waals surface area contributed by atoms with Gasteiger partial charge < -0.3 is 4.74 Å². The number of fused-ring (bicyclic) bond motifs is 1. The predicted octanol–water partition coefficient (Wildman–Crippen LogP) is 2.11. The molecule has 130 valence electrons. The minimum atomic E-state index is -0.189. The molecule has 0 unspecified atom stereocenters. The van der Waals surface area contributed by atoms with E-state index in [-0.39, 0.29) is 11.7 Å². The van der Waals surface area contributed by atoms with Crippen molar-refractivity contribution in [3.8, 4) is 17.4 Å². The van der Waals surface area contributed by atoms with E-state index in [1.54, 1.807) is 21.6 Å². The maximum atomic E-state index is 12.9. The highest BCUT2D eigenvalue weighted by Gasteiger charge is 2.31. The monoisotopic (exact) mass is 348 g/mol. The summed E-state index contributed by atoms with van der Waals surface area (Å²) in [5, 5.41) is 9.81. The average molecular weight is 348 g/mol. The van der Waals surface area contributed by atoms with E-state index in [4.69, 9.17) is 4.74 Å². The first-order valence-corrected chi connectivity index (χ1v) is 8.41. The summed E-state index contributed by atoms with van der Waals surface area (Å²) in [4.78, 5) is 17.0. The number of rotatable bonds is 4. The van der Waals surface area contributed by atoms with Crippen LogP contribution in [0.25, 0.3) is 22.3 Å². The lowest BCUT2D eigenvalue weighted by molar-refractivity contribution is 0.354. The summed E-state index contributed by atoms with van der Waals surface area (Å²) < 4.78 is 10.1. The lowest BCUT2D eigenvalue weighted by atomic mass is 10.2. The molecule has 8 nitrogen and oxygen atoms in total. The molecule has 5 rings (SSSR count). The quantitative estimate of drug-likeness (QED) is 0.564. The molecule has 0 spiro atoms. The number of benzene rings is 1. The normalized spacial score (nSPS) is 14.0. The third-order valence-corrected chi connectivity index (χ3v) is 4.54. The van der Waals surface area contributed by atoms with Crippen LogP contribution in [0.3, 0.4) is 0 Å². The van der Waals surface area contributed by atoms with E-state index in [1.165, 1.54) is 11.8 Å². The van der Waals surface area contributed by atoms with E-state index in [1.807, 2.05) is 36.5 Å². The molecule has 3 aromatic heterocycles. The number of hydrogen-bond donors (Lipinski definition) is 0. The van der Waals surface area contributed by atoms with E-state index in [0.717, 1.165) is 29.4 Å². The summed E-state index contributed by atoms with van der Waals surface area (Å²) >= 11 is 0. The van der Waals surface area contributed by atoms with Gasteiger partial charge in [0.15, 0.2) is 0 Å². The first kappa shape index (κ1) is 14.9. The maximum Gasteiger partial charge on any atom is 0.353 e. The molecule has 8 heteroatoms. The second kappa shape index (κ2) is 5.55. The largest absolute Gasteiger partial charge is 0.467 e. The molecule has 0 atom stereocenters. The van der Waals surface area contributed by atoms with Crippen LogP contribution >= 0.6 is 0 Å². The number of aromatic nitrogens is 6. The molecule has 0 bridgehead atoms. The first-order chi connectivity index (χ1) is 12.8. The van der Waals surface area contributed by atoms with Gasteiger partial charge in [-0.25, -0.2) is 14.0 Å². The molecule has 4 aromatic rings. The van der Waals surface area contributed by atoms with Crippen molar-refractivity contribution >= 4 is 10.9 Å². The predicted molar refractivity (Wildman–Crippen MR) is 95.1 cm³/mol. The van der Waals surface area contributed by atoms with Gasteiger partial charge >= 0.3 is 11.7 Å². The maximum absolute atomic E-state index is 12.9. The zero-order chi connectivity index (χ0) is 17.7. The molecule has 0 radical (unpaired) electrons. The van der Waals surface area contributed by atoms with E-state index < -0.39 is 0 Å². The molecular formula is C18H16N6O2. The Morgan fingerprint density at radius 2 is 2.04 bits per heavy atom. The van der Waals surface area contributed by atoms with E-state index in [0.29, 0.717) is 11.7 Å². The van der Waals surface area contributed by atoms with Crippen molar-refractivity contribution in [2.45, 2.75) is 18.9 Å². The van der Waals surface area contributed by atoms with Gasteiger partial charge in [0.05, 0.1) is 30.2 Å². The van der Waals surface area contributed by atoms with E-state index >= 15 is 0 Å². The SMILES string of the molecule is COc1nn(-c2cccc3nn(-c4cccnc4)cc23)c(=O)n1C1CC1. The van der Waals surface area contributed by atoms with Crippen molar-refractivity contribution < 1.29 is 4.74 Å². The van der Waals surface area contributed by atoms with Gasteiger partial charge in [-0.05, 0) is 37.1 Å². The molecule has 1 aliphatic carbocycles. The van der Waals surface area contributed by atoms with Crippen molar-refractivity contribution in [3.05, 3.63) is 59.4 Å². The Bertz CT molecular complexity index is 1150. The molecular weight excluding hydrogens is 332 g/mol. The molecule has 0 amide bonds. The van der Waals surface area contributed by atoms with Crippen molar-refractivity contribution in [2.24, 2.45) is 0 Å². The van der Waals surface area contributed by atoms with Crippen LogP contribution in [0, 0.1) is 0 Å². The van der Waals surface area contributed by atoms with Crippen LogP contribution in [-0.4, -0.2) is 36.2 Å². The zero-order valence-electron chi connectivity index (χ0n) is 14.1. The smallest absolute Gasteiger partial charge is 0.353 e. The van der Waals surface area contributed by atoms with Gasteiger partial charge in [0.1, 0.15) is 0 Å². The molecule has 1 fully saturated rings. The Morgan fingerprint density at radius 3 is 2.77 bits per heavy atom. The molecule has 0 N–H and O–H groups in total. The second-order valence-electron chi connectivity index (χ2n) is 6.28. The van der Waals surface area contributed by atoms with E-state index in [9.17, 15) is 4.79 Å². The highest BCUT2D eigenvalue weighted by Crippen LogP contribution is 2.36. The lowest BCUT2D eigenvalue weighted by Gasteiger charge is -2.00. The summed E-state index contributed by atoms with van der Waals surface area (Å²) in [6, 6.07) is 9.95. The number of nitrogens with zero attached hydrogens (tertiary/aromatic N) is 6. The van der Waals surface area contributed by atoms with Crippen molar-refractivity contribution in [1.29, 1.82) is 0 Å². The van der Waals surface area contributed by atoms with Crippen LogP contribution in [0.2, 0.25) is 0 Å².